The second kappa shape index (κ2) is 6.06. The number of nitrogens with zero attached hydrogens (tertiary/aromatic N) is 1. The number of nitrogens with two attached hydrogens (primary N) is 1. The number of para-hydroxylation sites is 1. The van der Waals surface area contributed by atoms with Gasteiger partial charge in [0.1, 0.15) is 0 Å². The van der Waals surface area contributed by atoms with Gasteiger partial charge in [-0.05, 0) is 37.8 Å². The van der Waals surface area contributed by atoms with Crippen LogP contribution in [0.4, 0.5) is 5.69 Å². The average Bonchev–Trinajstić information content (AvgIpc) is 2.97. The molecule has 2 fully saturated rings. The predicted molar refractivity (Wildman–Crippen MR) is 85.2 cm³/mol. The van der Waals surface area contributed by atoms with Crippen molar-refractivity contribution in [3.8, 4) is 0 Å². The maximum atomic E-state index is 12.4. The van der Waals surface area contributed by atoms with Crippen molar-refractivity contribution in [2.75, 3.05) is 18.0 Å². The van der Waals surface area contributed by atoms with E-state index in [-0.39, 0.29) is 11.9 Å². The summed E-state index contributed by atoms with van der Waals surface area (Å²) in [6.45, 7) is 1.94. The van der Waals surface area contributed by atoms with Gasteiger partial charge in [0.2, 0.25) is 5.91 Å². The van der Waals surface area contributed by atoms with Gasteiger partial charge in [-0.3, -0.25) is 4.79 Å². The van der Waals surface area contributed by atoms with E-state index in [0.717, 1.165) is 51.6 Å². The van der Waals surface area contributed by atoms with Crippen LogP contribution in [0.25, 0.3) is 0 Å². The van der Waals surface area contributed by atoms with Gasteiger partial charge in [-0.15, -0.1) is 0 Å². The topological polar surface area (TPSA) is 58.4 Å². The third kappa shape index (κ3) is 3.21. The monoisotopic (exact) mass is 287 g/mol. The highest BCUT2D eigenvalue weighted by atomic mass is 16.2. The van der Waals surface area contributed by atoms with Crippen molar-refractivity contribution in [3.63, 3.8) is 0 Å². The molecule has 1 saturated carbocycles. The van der Waals surface area contributed by atoms with E-state index in [1.54, 1.807) is 0 Å². The largest absolute Gasteiger partial charge is 0.369 e. The van der Waals surface area contributed by atoms with Crippen LogP contribution >= 0.6 is 0 Å². The summed E-state index contributed by atoms with van der Waals surface area (Å²) in [6, 6.07) is 10.6. The zero-order valence-electron chi connectivity index (χ0n) is 12.6. The molecule has 1 saturated heterocycles. The number of carbonyl (C=O) groups is 1. The van der Waals surface area contributed by atoms with E-state index in [0.29, 0.717) is 0 Å². The maximum Gasteiger partial charge on any atom is 0.240 e. The van der Waals surface area contributed by atoms with Crippen LogP contribution in [-0.2, 0) is 4.79 Å². The van der Waals surface area contributed by atoms with Crippen molar-refractivity contribution in [1.29, 1.82) is 0 Å². The summed E-state index contributed by atoms with van der Waals surface area (Å²) in [7, 11) is 0. The molecule has 0 radical (unpaired) electrons. The van der Waals surface area contributed by atoms with Crippen LogP contribution in [0.5, 0.6) is 0 Å². The van der Waals surface area contributed by atoms with Crippen molar-refractivity contribution in [1.82, 2.24) is 5.32 Å². The Kier molecular flexibility index (Phi) is 4.15. The molecule has 0 spiro atoms. The van der Waals surface area contributed by atoms with Crippen molar-refractivity contribution in [2.24, 2.45) is 5.73 Å². The first-order valence-electron chi connectivity index (χ1n) is 8.07. The molecule has 4 heteroatoms. The number of carbonyl (C=O) groups excluding carboxylic acids is 1. The number of amides is 1. The molecule has 2 aliphatic rings. The summed E-state index contributed by atoms with van der Waals surface area (Å²) >= 11 is 0. The lowest BCUT2D eigenvalue weighted by Crippen LogP contribution is -2.57. The van der Waals surface area contributed by atoms with Crippen LogP contribution in [0, 0.1) is 0 Å². The van der Waals surface area contributed by atoms with E-state index in [9.17, 15) is 4.79 Å². The van der Waals surface area contributed by atoms with Crippen molar-refractivity contribution in [2.45, 2.75) is 50.1 Å². The van der Waals surface area contributed by atoms with Gasteiger partial charge in [0.25, 0.3) is 0 Å². The van der Waals surface area contributed by atoms with Crippen LogP contribution in [-0.4, -0.2) is 30.6 Å². The Balaban J connectivity index is 1.60. The zero-order valence-corrected chi connectivity index (χ0v) is 12.6. The van der Waals surface area contributed by atoms with Crippen LogP contribution in [0.15, 0.2) is 30.3 Å². The van der Waals surface area contributed by atoms with Gasteiger partial charge in [0.05, 0.1) is 5.54 Å². The fraction of sp³-hybridized carbons (Fsp3) is 0.588. The summed E-state index contributed by atoms with van der Waals surface area (Å²) in [6.07, 6.45) is 5.96. The molecule has 3 rings (SSSR count). The summed E-state index contributed by atoms with van der Waals surface area (Å²) in [5.74, 6) is 0.0555. The van der Waals surface area contributed by atoms with Crippen LogP contribution in [0.1, 0.15) is 38.5 Å². The highest BCUT2D eigenvalue weighted by molar-refractivity contribution is 5.86. The molecule has 1 unspecified atom stereocenters. The number of anilines is 1. The molecule has 4 nitrogen and oxygen atoms in total. The first kappa shape index (κ1) is 14.4. The molecule has 1 atom stereocenters. The molecule has 1 amide bonds. The number of hydrogen-bond donors (Lipinski definition) is 2. The minimum atomic E-state index is -0.616. The Morgan fingerprint density at radius 2 is 1.90 bits per heavy atom. The van der Waals surface area contributed by atoms with Crippen molar-refractivity contribution >= 4 is 11.6 Å². The Morgan fingerprint density at radius 3 is 2.62 bits per heavy atom. The van der Waals surface area contributed by atoms with Crippen LogP contribution < -0.4 is 16.0 Å². The van der Waals surface area contributed by atoms with Crippen LogP contribution in [0.2, 0.25) is 0 Å². The quantitative estimate of drug-likeness (QED) is 0.894. The minimum Gasteiger partial charge on any atom is -0.369 e. The van der Waals surface area contributed by atoms with E-state index in [1.807, 2.05) is 6.07 Å². The molecule has 114 valence electrons. The first-order chi connectivity index (χ1) is 10.2. The van der Waals surface area contributed by atoms with E-state index in [1.165, 1.54) is 5.69 Å². The summed E-state index contributed by atoms with van der Waals surface area (Å²) < 4.78 is 0. The SMILES string of the molecule is NC1(C(=O)NC2CCCN(c3ccccc3)C2)CCCC1. The van der Waals surface area contributed by atoms with E-state index in [2.05, 4.69) is 34.5 Å². The smallest absolute Gasteiger partial charge is 0.240 e. The van der Waals surface area contributed by atoms with Gasteiger partial charge < -0.3 is 16.0 Å². The molecule has 1 aromatic rings. The van der Waals surface area contributed by atoms with Gasteiger partial charge in [-0.1, -0.05) is 31.0 Å². The molecular weight excluding hydrogens is 262 g/mol. The second-order valence-corrected chi connectivity index (χ2v) is 6.46. The molecule has 1 aliphatic carbocycles. The fourth-order valence-corrected chi connectivity index (χ4v) is 3.53. The van der Waals surface area contributed by atoms with Gasteiger partial charge in [0, 0.05) is 24.8 Å². The molecule has 1 aliphatic heterocycles. The van der Waals surface area contributed by atoms with Gasteiger partial charge in [-0.2, -0.15) is 0 Å². The summed E-state index contributed by atoms with van der Waals surface area (Å²) in [4.78, 5) is 14.8. The molecule has 1 aromatic carbocycles. The molecule has 0 bridgehead atoms. The van der Waals surface area contributed by atoms with Crippen molar-refractivity contribution < 1.29 is 4.79 Å². The number of piperidine rings is 1. The van der Waals surface area contributed by atoms with Gasteiger partial charge in [-0.25, -0.2) is 0 Å². The van der Waals surface area contributed by atoms with Crippen molar-refractivity contribution in [3.05, 3.63) is 30.3 Å². The number of rotatable bonds is 3. The standard InChI is InChI=1S/C17H25N3O/c18-17(10-4-5-11-17)16(21)19-14-7-6-12-20(13-14)15-8-2-1-3-9-15/h1-3,8-9,14H,4-7,10-13,18H2,(H,19,21). The highest BCUT2D eigenvalue weighted by Gasteiger charge is 2.38. The second-order valence-electron chi connectivity index (χ2n) is 6.46. The lowest BCUT2D eigenvalue weighted by molar-refractivity contribution is -0.126. The lowest BCUT2D eigenvalue weighted by atomic mass is 9.96. The Hall–Kier alpha value is -1.55. The average molecular weight is 287 g/mol. The fourth-order valence-electron chi connectivity index (χ4n) is 3.53. The Morgan fingerprint density at radius 1 is 1.19 bits per heavy atom. The summed E-state index contributed by atoms with van der Waals surface area (Å²) in [5, 5.41) is 3.20. The van der Waals surface area contributed by atoms with Crippen LogP contribution in [0.3, 0.4) is 0 Å². The Labute approximate surface area is 126 Å². The number of benzene rings is 1. The first-order valence-corrected chi connectivity index (χ1v) is 8.07. The van der Waals surface area contributed by atoms with E-state index < -0.39 is 5.54 Å². The third-order valence-corrected chi connectivity index (χ3v) is 4.83. The minimum absolute atomic E-state index is 0.0555. The number of nitrogens with one attached hydrogen (secondary N) is 1. The van der Waals surface area contributed by atoms with Gasteiger partial charge >= 0.3 is 0 Å². The van der Waals surface area contributed by atoms with E-state index in [4.69, 9.17) is 5.73 Å². The molecule has 0 aromatic heterocycles. The Bertz CT molecular complexity index is 482. The van der Waals surface area contributed by atoms with Gasteiger partial charge in [0.15, 0.2) is 0 Å². The predicted octanol–water partition coefficient (Wildman–Crippen LogP) is 2.04. The highest BCUT2D eigenvalue weighted by Crippen LogP contribution is 2.28. The molecule has 1 heterocycles. The zero-order chi connectivity index (χ0) is 14.7. The number of hydrogen-bond acceptors (Lipinski definition) is 3. The maximum absolute atomic E-state index is 12.4. The lowest BCUT2D eigenvalue weighted by Gasteiger charge is -2.36. The summed E-state index contributed by atoms with van der Waals surface area (Å²) in [5.41, 5.74) is 6.86. The molecule has 3 N–H and O–H groups in total. The van der Waals surface area contributed by atoms with E-state index >= 15 is 0 Å². The normalized spacial score (nSPS) is 24.8. The third-order valence-electron chi connectivity index (χ3n) is 4.83. The molecule has 21 heavy (non-hydrogen) atoms. The molecular formula is C17H25N3O.